The van der Waals surface area contributed by atoms with Crippen LogP contribution in [-0.2, 0) is 19.4 Å². The molecule has 19 heavy (non-hydrogen) atoms. The van der Waals surface area contributed by atoms with Crippen molar-refractivity contribution in [2.75, 3.05) is 0 Å². The molecule has 0 saturated heterocycles. The molecule has 0 atom stereocenters. The monoisotopic (exact) mass is 252 g/mol. The van der Waals surface area contributed by atoms with Crippen LogP contribution in [0.4, 0.5) is 0 Å². The Morgan fingerprint density at radius 3 is 2.95 bits per heavy atom. The summed E-state index contributed by atoms with van der Waals surface area (Å²) in [4.78, 5) is 16.7. The van der Waals surface area contributed by atoms with Gasteiger partial charge in [0.15, 0.2) is 5.78 Å². The van der Waals surface area contributed by atoms with Crippen molar-refractivity contribution in [3.8, 4) is 11.3 Å². The molecule has 96 valence electrons. The zero-order chi connectivity index (χ0) is 12.8. The Morgan fingerprint density at radius 1 is 1.11 bits per heavy atom. The molecule has 2 aliphatic rings. The van der Waals surface area contributed by atoms with Crippen LogP contribution in [0.5, 0.6) is 0 Å². The molecule has 1 aliphatic carbocycles. The normalized spacial score (nSPS) is 17.4. The third-order valence-corrected chi connectivity index (χ3v) is 4.21. The standard InChI is InChI=1S/C16H16N2O/c19-15-4-1-3-11-6-7-12(9-13(11)15)14-10-18-8-2-5-16(18)17-14/h6-7,9-10H,1-5,8H2. The highest BCUT2D eigenvalue weighted by molar-refractivity contribution is 5.99. The first-order valence-electron chi connectivity index (χ1n) is 7.04. The van der Waals surface area contributed by atoms with Crippen molar-refractivity contribution in [2.45, 2.75) is 38.6 Å². The van der Waals surface area contributed by atoms with E-state index in [0.29, 0.717) is 6.42 Å². The number of carbonyl (C=O) groups is 1. The second-order valence-electron chi connectivity index (χ2n) is 5.49. The highest BCUT2D eigenvalue weighted by Crippen LogP contribution is 2.28. The van der Waals surface area contributed by atoms with Gasteiger partial charge in [0.1, 0.15) is 5.82 Å². The number of hydrogen-bond donors (Lipinski definition) is 0. The fraction of sp³-hybridized carbons (Fsp3) is 0.375. The number of fused-ring (bicyclic) bond motifs is 2. The Balaban J connectivity index is 1.79. The second-order valence-corrected chi connectivity index (χ2v) is 5.49. The first-order valence-corrected chi connectivity index (χ1v) is 7.04. The van der Waals surface area contributed by atoms with E-state index in [1.807, 2.05) is 6.07 Å². The predicted octanol–water partition coefficient (Wildman–Crippen LogP) is 3.02. The minimum absolute atomic E-state index is 0.287. The highest BCUT2D eigenvalue weighted by atomic mass is 16.1. The lowest BCUT2D eigenvalue weighted by Crippen LogP contribution is -2.10. The van der Waals surface area contributed by atoms with Gasteiger partial charge >= 0.3 is 0 Å². The highest BCUT2D eigenvalue weighted by Gasteiger charge is 2.19. The predicted molar refractivity (Wildman–Crippen MR) is 73.3 cm³/mol. The minimum Gasteiger partial charge on any atom is -0.334 e. The molecule has 0 spiro atoms. The van der Waals surface area contributed by atoms with E-state index in [4.69, 9.17) is 0 Å². The molecule has 2 aromatic rings. The first kappa shape index (κ1) is 11.0. The smallest absolute Gasteiger partial charge is 0.163 e. The lowest BCUT2D eigenvalue weighted by atomic mass is 9.89. The summed E-state index contributed by atoms with van der Waals surface area (Å²) in [5.41, 5.74) is 4.20. The van der Waals surface area contributed by atoms with Gasteiger partial charge in [0, 0.05) is 36.7 Å². The van der Waals surface area contributed by atoms with E-state index < -0.39 is 0 Å². The Hall–Kier alpha value is -1.90. The fourth-order valence-corrected chi connectivity index (χ4v) is 3.18. The molecular weight excluding hydrogens is 236 g/mol. The summed E-state index contributed by atoms with van der Waals surface area (Å²) < 4.78 is 2.23. The number of ketones is 1. The number of benzene rings is 1. The molecule has 0 N–H and O–H groups in total. The molecule has 3 heteroatoms. The van der Waals surface area contributed by atoms with Crippen LogP contribution in [0.25, 0.3) is 11.3 Å². The van der Waals surface area contributed by atoms with Gasteiger partial charge in [-0.1, -0.05) is 12.1 Å². The molecule has 0 radical (unpaired) electrons. The van der Waals surface area contributed by atoms with Gasteiger partial charge in [-0.25, -0.2) is 4.98 Å². The first-order chi connectivity index (χ1) is 9.31. The van der Waals surface area contributed by atoms with E-state index in [1.54, 1.807) is 0 Å². The second kappa shape index (κ2) is 4.05. The lowest BCUT2D eigenvalue weighted by molar-refractivity contribution is 0.0972. The third-order valence-electron chi connectivity index (χ3n) is 4.21. The topological polar surface area (TPSA) is 34.9 Å². The van der Waals surface area contributed by atoms with Gasteiger partial charge in [0.05, 0.1) is 5.69 Å². The van der Waals surface area contributed by atoms with Crippen molar-refractivity contribution in [1.29, 1.82) is 0 Å². The number of imidazole rings is 1. The summed E-state index contributed by atoms with van der Waals surface area (Å²) in [6, 6.07) is 6.25. The van der Waals surface area contributed by atoms with E-state index >= 15 is 0 Å². The van der Waals surface area contributed by atoms with Gasteiger partial charge in [-0.3, -0.25) is 4.79 Å². The van der Waals surface area contributed by atoms with Gasteiger partial charge < -0.3 is 4.57 Å². The van der Waals surface area contributed by atoms with Crippen LogP contribution in [0.15, 0.2) is 24.4 Å². The number of hydrogen-bond acceptors (Lipinski definition) is 2. The van der Waals surface area contributed by atoms with Crippen LogP contribution < -0.4 is 0 Å². The van der Waals surface area contributed by atoms with Gasteiger partial charge in [-0.15, -0.1) is 0 Å². The van der Waals surface area contributed by atoms with Crippen molar-refractivity contribution in [1.82, 2.24) is 9.55 Å². The van der Waals surface area contributed by atoms with E-state index in [1.165, 1.54) is 17.8 Å². The van der Waals surface area contributed by atoms with Gasteiger partial charge in [0.25, 0.3) is 0 Å². The summed E-state index contributed by atoms with van der Waals surface area (Å²) in [5, 5.41) is 0. The molecule has 0 amide bonds. The molecule has 0 saturated carbocycles. The van der Waals surface area contributed by atoms with E-state index in [2.05, 4.69) is 27.9 Å². The summed E-state index contributed by atoms with van der Waals surface area (Å²) in [7, 11) is 0. The number of rotatable bonds is 1. The van der Waals surface area contributed by atoms with Crippen LogP contribution >= 0.6 is 0 Å². The van der Waals surface area contributed by atoms with Crippen molar-refractivity contribution < 1.29 is 4.79 Å². The van der Waals surface area contributed by atoms with Crippen LogP contribution in [0, 0.1) is 0 Å². The average molecular weight is 252 g/mol. The largest absolute Gasteiger partial charge is 0.334 e. The number of Topliss-reactive ketones (excluding diaryl/α,β-unsaturated/α-hetero) is 1. The number of nitrogens with zero attached hydrogens (tertiary/aromatic N) is 2. The van der Waals surface area contributed by atoms with Crippen LogP contribution in [0.1, 0.15) is 41.0 Å². The molecule has 1 aromatic carbocycles. The van der Waals surface area contributed by atoms with Crippen LogP contribution in [0.3, 0.4) is 0 Å². The number of aryl methyl sites for hydroxylation is 3. The molecule has 0 fully saturated rings. The van der Waals surface area contributed by atoms with Crippen molar-refractivity contribution >= 4 is 5.78 Å². The Morgan fingerprint density at radius 2 is 2.05 bits per heavy atom. The summed E-state index contributed by atoms with van der Waals surface area (Å²) in [6.07, 6.45) is 7.10. The van der Waals surface area contributed by atoms with Crippen LogP contribution in [0.2, 0.25) is 0 Å². The average Bonchev–Trinajstić information content (AvgIpc) is 2.99. The molecule has 1 aromatic heterocycles. The maximum Gasteiger partial charge on any atom is 0.163 e. The van der Waals surface area contributed by atoms with Crippen molar-refractivity contribution in [2.24, 2.45) is 0 Å². The molecule has 3 nitrogen and oxygen atoms in total. The molecule has 0 unspecified atom stereocenters. The van der Waals surface area contributed by atoms with E-state index in [-0.39, 0.29) is 5.78 Å². The molecule has 4 rings (SSSR count). The Kier molecular flexibility index (Phi) is 2.34. The van der Waals surface area contributed by atoms with Crippen molar-refractivity contribution in [3.05, 3.63) is 41.3 Å². The lowest BCUT2D eigenvalue weighted by Gasteiger charge is -2.15. The zero-order valence-corrected chi connectivity index (χ0v) is 10.9. The van der Waals surface area contributed by atoms with Gasteiger partial charge in [-0.2, -0.15) is 0 Å². The van der Waals surface area contributed by atoms with Gasteiger partial charge in [0.2, 0.25) is 0 Å². The van der Waals surface area contributed by atoms with Gasteiger partial charge in [-0.05, 0) is 30.9 Å². The maximum absolute atomic E-state index is 12.0. The number of carbonyl (C=O) groups excluding carboxylic acids is 1. The van der Waals surface area contributed by atoms with Crippen molar-refractivity contribution in [3.63, 3.8) is 0 Å². The Bertz CT molecular complexity index is 648. The fourth-order valence-electron chi connectivity index (χ4n) is 3.18. The molecular formula is C16H16N2O. The van der Waals surface area contributed by atoms with E-state index in [0.717, 1.165) is 42.6 Å². The maximum atomic E-state index is 12.0. The summed E-state index contributed by atoms with van der Waals surface area (Å²) in [5.74, 6) is 1.47. The zero-order valence-electron chi connectivity index (χ0n) is 10.9. The minimum atomic E-state index is 0.287. The molecule has 0 bridgehead atoms. The third kappa shape index (κ3) is 1.72. The quantitative estimate of drug-likeness (QED) is 0.782. The van der Waals surface area contributed by atoms with Crippen LogP contribution in [-0.4, -0.2) is 15.3 Å². The van der Waals surface area contributed by atoms with E-state index in [9.17, 15) is 4.79 Å². The number of aromatic nitrogens is 2. The summed E-state index contributed by atoms with van der Waals surface area (Å²) >= 11 is 0. The molecule has 2 heterocycles. The summed E-state index contributed by atoms with van der Waals surface area (Å²) in [6.45, 7) is 1.08. The molecule has 1 aliphatic heterocycles. The Labute approximate surface area is 112 Å². The SMILES string of the molecule is O=C1CCCc2ccc(-c3cn4c(n3)CCC4)cc21.